The monoisotopic (exact) mass is 226 g/mol. The van der Waals surface area contributed by atoms with E-state index in [0.29, 0.717) is 0 Å². The van der Waals surface area contributed by atoms with E-state index in [1.807, 2.05) is 18.2 Å². The lowest BCUT2D eigenvalue weighted by atomic mass is 10.0. The van der Waals surface area contributed by atoms with Crippen LogP contribution in [0.1, 0.15) is 29.3 Å². The third kappa shape index (κ3) is 2.18. The van der Waals surface area contributed by atoms with Crippen molar-refractivity contribution >= 4 is 22.2 Å². The van der Waals surface area contributed by atoms with Crippen LogP contribution in [0.25, 0.3) is 0 Å². The third-order valence-corrected chi connectivity index (χ3v) is 2.25. The molecule has 0 aliphatic rings. The summed E-state index contributed by atoms with van der Waals surface area (Å²) in [5, 5.41) is 0. The smallest absolute Gasteiger partial charge is 0.150 e. The fourth-order valence-corrected chi connectivity index (χ4v) is 1.55. The van der Waals surface area contributed by atoms with Crippen molar-refractivity contribution in [3.05, 3.63) is 33.8 Å². The van der Waals surface area contributed by atoms with E-state index >= 15 is 0 Å². The number of benzene rings is 1. The van der Waals surface area contributed by atoms with Crippen LogP contribution in [0.3, 0.4) is 0 Å². The van der Waals surface area contributed by atoms with E-state index in [9.17, 15) is 4.79 Å². The normalized spacial score (nSPS) is 9.83. The molecule has 0 aromatic heterocycles. The molecule has 0 fully saturated rings. The Hall–Kier alpha value is -0.630. The van der Waals surface area contributed by atoms with Gasteiger partial charge in [-0.3, -0.25) is 4.79 Å². The van der Waals surface area contributed by atoms with Crippen molar-refractivity contribution in [2.75, 3.05) is 0 Å². The number of aryl methyl sites for hydroxylation is 1. The topological polar surface area (TPSA) is 17.1 Å². The van der Waals surface area contributed by atoms with Gasteiger partial charge in [0, 0.05) is 10.0 Å². The second kappa shape index (κ2) is 4.41. The van der Waals surface area contributed by atoms with Gasteiger partial charge in [-0.25, -0.2) is 0 Å². The average molecular weight is 227 g/mol. The minimum absolute atomic E-state index is 0.797. The molecule has 0 saturated carbocycles. The number of carbonyl (C=O) groups is 1. The Bertz CT molecular complexity index is 281. The lowest BCUT2D eigenvalue weighted by Gasteiger charge is -2.02. The van der Waals surface area contributed by atoms with Crippen LogP contribution in [0.2, 0.25) is 0 Å². The number of halogens is 1. The minimum atomic E-state index is 0.797. The maximum absolute atomic E-state index is 10.6. The van der Waals surface area contributed by atoms with Crippen molar-refractivity contribution < 1.29 is 4.79 Å². The van der Waals surface area contributed by atoms with Crippen molar-refractivity contribution in [2.24, 2.45) is 0 Å². The molecule has 1 rings (SSSR count). The van der Waals surface area contributed by atoms with Gasteiger partial charge in [0.15, 0.2) is 0 Å². The molecule has 0 N–H and O–H groups in total. The van der Waals surface area contributed by atoms with Gasteiger partial charge in [0.1, 0.15) is 6.29 Å². The van der Waals surface area contributed by atoms with Crippen LogP contribution in [0.15, 0.2) is 22.7 Å². The highest BCUT2D eigenvalue weighted by Crippen LogP contribution is 2.16. The first-order chi connectivity index (χ1) is 5.77. The van der Waals surface area contributed by atoms with Crippen LogP contribution >= 0.6 is 15.9 Å². The van der Waals surface area contributed by atoms with Crippen molar-refractivity contribution in [1.29, 1.82) is 0 Å². The molecule has 0 radical (unpaired) electrons. The third-order valence-electron chi connectivity index (χ3n) is 1.75. The minimum Gasteiger partial charge on any atom is -0.298 e. The molecule has 1 aromatic rings. The Morgan fingerprint density at radius 2 is 2.25 bits per heavy atom. The molecule has 12 heavy (non-hydrogen) atoms. The first kappa shape index (κ1) is 9.46. The SMILES string of the molecule is CCCc1ccc(Br)cc1C=O. The lowest BCUT2D eigenvalue weighted by Crippen LogP contribution is -1.91. The molecule has 0 saturated heterocycles. The van der Waals surface area contributed by atoms with Crippen molar-refractivity contribution in [3.8, 4) is 0 Å². The Morgan fingerprint density at radius 3 is 2.83 bits per heavy atom. The predicted octanol–water partition coefficient (Wildman–Crippen LogP) is 3.21. The second-order valence-corrected chi connectivity index (χ2v) is 3.63. The average Bonchev–Trinajstić information content (AvgIpc) is 2.08. The molecule has 0 heterocycles. The van der Waals surface area contributed by atoms with Crippen LogP contribution < -0.4 is 0 Å². The number of hydrogen-bond acceptors (Lipinski definition) is 1. The zero-order chi connectivity index (χ0) is 8.97. The molecule has 1 aromatic carbocycles. The van der Waals surface area contributed by atoms with Gasteiger partial charge >= 0.3 is 0 Å². The number of hydrogen-bond donors (Lipinski definition) is 0. The first-order valence-corrected chi connectivity index (χ1v) is 4.81. The standard InChI is InChI=1S/C10H11BrO/c1-2-3-8-4-5-10(11)6-9(8)7-12/h4-7H,2-3H2,1H3. The van der Waals surface area contributed by atoms with Crippen LogP contribution in [0, 0.1) is 0 Å². The van der Waals surface area contributed by atoms with E-state index in [-0.39, 0.29) is 0 Å². The van der Waals surface area contributed by atoms with Crippen LogP contribution in [0.4, 0.5) is 0 Å². The molecule has 0 atom stereocenters. The van der Waals surface area contributed by atoms with Gasteiger partial charge in [0.25, 0.3) is 0 Å². The van der Waals surface area contributed by atoms with Crippen molar-refractivity contribution in [3.63, 3.8) is 0 Å². The molecule has 0 aliphatic heterocycles. The summed E-state index contributed by atoms with van der Waals surface area (Å²) < 4.78 is 0.962. The molecular weight excluding hydrogens is 216 g/mol. The highest BCUT2D eigenvalue weighted by molar-refractivity contribution is 9.10. The van der Waals surface area contributed by atoms with Gasteiger partial charge < -0.3 is 0 Å². The Kier molecular flexibility index (Phi) is 3.48. The summed E-state index contributed by atoms with van der Waals surface area (Å²) in [5.74, 6) is 0. The van der Waals surface area contributed by atoms with Gasteiger partial charge in [-0.05, 0) is 24.1 Å². The maximum atomic E-state index is 10.6. The zero-order valence-corrected chi connectivity index (χ0v) is 8.60. The van der Waals surface area contributed by atoms with Gasteiger partial charge in [0.2, 0.25) is 0 Å². The summed E-state index contributed by atoms with van der Waals surface area (Å²) in [7, 11) is 0. The van der Waals surface area contributed by atoms with Gasteiger partial charge in [-0.15, -0.1) is 0 Å². The highest BCUT2D eigenvalue weighted by atomic mass is 79.9. The summed E-state index contributed by atoms with van der Waals surface area (Å²) in [6, 6.07) is 5.83. The van der Waals surface area contributed by atoms with Crippen molar-refractivity contribution in [2.45, 2.75) is 19.8 Å². The predicted molar refractivity (Wildman–Crippen MR) is 53.5 cm³/mol. The summed E-state index contributed by atoms with van der Waals surface area (Å²) in [6.45, 7) is 2.11. The van der Waals surface area contributed by atoms with E-state index < -0.39 is 0 Å². The largest absolute Gasteiger partial charge is 0.298 e. The first-order valence-electron chi connectivity index (χ1n) is 4.01. The fourth-order valence-electron chi connectivity index (χ4n) is 1.17. The van der Waals surface area contributed by atoms with Gasteiger partial charge in [0.05, 0.1) is 0 Å². The quantitative estimate of drug-likeness (QED) is 0.724. The van der Waals surface area contributed by atoms with Crippen LogP contribution in [-0.2, 0) is 6.42 Å². The van der Waals surface area contributed by atoms with E-state index in [0.717, 1.165) is 34.7 Å². The maximum Gasteiger partial charge on any atom is 0.150 e. The molecule has 1 nitrogen and oxygen atoms in total. The molecule has 0 amide bonds. The summed E-state index contributed by atoms with van der Waals surface area (Å²) >= 11 is 3.33. The molecule has 0 aliphatic carbocycles. The van der Waals surface area contributed by atoms with Gasteiger partial charge in [-0.1, -0.05) is 35.3 Å². The number of aldehydes is 1. The number of rotatable bonds is 3. The molecule has 0 bridgehead atoms. The van der Waals surface area contributed by atoms with E-state index in [2.05, 4.69) is 22.9 Å². The van der Waals surface area contributed by atoms with Crippen LogP contribution in [-0.4, -0.2) is 6.29 Å². The van der Waals surface area contributed by atoms with E-state index in [4.69, 9.17) is 0 Å². The molecular formula is C10H11BrO. The number of carbonyl (C=O) groups excluding carboxylic acids is 1. The van der Waals surface area contributed by atoms with Gasteiger partial charge in [-0.2, -0.15) is 0 Å². The van der Waals surface area contributed by atoms with Crippen molar-refractivity contribution in [1.82, 2.24) is 0 Å². The molecule has 2 heteroatoms. The van der Waals surface area contributed by atoms with E-state index in [1.54, 1.807) is 0 Å². The Labute approximate surface area is 80.9 Å². The summed E-state index contributed by atoms with van der Waals surface area (Å²) in [4.78, 5) is 10.6. The molecule has 0 unspecified atom stereocenters. The molecule has 0 spiro atoms. The summed E-state index contributed by atoms with van der Waals surface area (Å²) in [5.41, 5.74) is 1.93. The van der Waals surface area contributed by atoms with E-state index in [1.165, 1.54) is 0 Å². The zero-order valence-electron chi connectivity index (χ0n) is 7.01. The lowest BCUT2D eigenvalue weighted by molar-refractivity contribution is 0.112. The Balaban J connectivity index is 3.02. The Morgan fingerprint density at radius 1 is 1.50 bits per heavy atom. The highest BCUT2D eigenvalue weighted by Gasteiger charge is 2.00. The second-order valence-electron chi connectivity index (χ2n) is 2.71. The fraction of sp³-hybridized carbons (Fsp3) is 0.300. The van der Waals surface area contributed by atoms with Crippen LogP contribution in [0.5, 0.6) is 0 Å². The molecule has 64 valence electrons. The summed E-state index contributed by atoms with van der Waals surface area (Å²) in [6.07, 6.45) is 2.96.